The van der Waals surface area contributed by atoms with Gasteiger partial charge in [-0.05, 0) is 106 Å². The van der Waals surface area contributed by atoms with E-state index in [1.165, 1.54) is 24.1 Å². The Kier molecular flexibility index (Phi) is 23.7. The molecule has 1 aromatic carbocycles. The number of hydrazine groups is 1. The fourth-order valence-corrected chi connectivity index (χ4v) is 11.3. The van der Waals surface area contributed by atoms with Gasteiger partial charge >= 0.3 is 5.97 Å². The number of fused-ring (bicyclic) bond motifs is 2. The average Bonchev–Trinajstić information content (AvgIpc) is 3.42. The van der Waals surface area contributed by atoms with Gasteiger partial charge < -0.3 is 50.6 Å². The minimum Gasteiger partial charge on any atom is -0.508 e. The number of aliphatic hydroxyl groups is 3. The van der Waals surface area contributed by atoms with E-state index in [-0.39, 0.29) is 72.8 Å². The highest BCUT2D eigenvalue weighted by molar-refractivity contribution is 5.93. The van der Waals surface area contributed by atoms with Crippen molar-refractivity contribution in [1.29, 1.82) is 0 Å². The van der Waals surface area contributed by atoms with Crippen LogP contribution in [-0.4, -0.2) is 122 Å². The van der Waals surface area contributed by atoms with Crippen LogP contribution in [0.3, 0.4) is 0 Å². The molecule has 16 atom stereocenters. The van der Waals surface area contributed by atoms with Gasteiger partial charge in [-0.25, -0.2) is 5.43 Å². The second-order valence-electron chi connectivity index (χ2n) is 23.1. The maximum absolute atomic E-state index is 14.5. The number of Topliss-reactive ketones (excluding diaryl/α,β-unsaturated/α-hetero) is 1. The number of hydrogen-bond acceptors (Lipinski definition) is 13. The third-order valence-corrected chi connectivity index (χ3v) is 16.7. The van der Waals surface area contributed by atoms with Gasteiger partial charge in [0, 0.05) is 55.9 Å². The normalized spacial score (nSPS) is 33.4. The number of hydrogen-bond donors (Lipinski definition) is 8. The molecule has 5 rings (SSSR count). The summed E-state index contributed by atoms with van der Waals surface area (Å²) in [6, 6.07) is 3.11. The number of nitrogens with zero attached hydrogens (tertiary/aromatic N) is 1. The van der Waals surface area contributed by atoms with Crippen LogP contribution in [0.5, 0.6) is 5.75 Å². The largest absolute Gasteiger partial charge is 0.508 e. The molecule has 0 radical (unpaired) electrons. The summed E-state index contributed by atoms with van der Waals surface area (Å²) in [5, 5.41) is 54.9. The van der Waals surface area contributed by atoms with Crippen LogP contribution < -0.4 is 21.4 Å². The summed E-state index contributed by atoms with van der Waals surface area (Å²) >= 11 is 0. The van der Waals surface area contributed by atoms with Gasteiger partial charge in [-0.3, -0.25) is 29.0 Å². The molecule has 4 aliphatic heterocycles. The van der Waals surface area contributed by atoms with E-state index < -0.39 is 95.8 Å². The summed E-state index contributed by atoms with van der Waals surface area (Å²) in [7, 11) is 0. The molecule has 428 valence electrons. The fraction of sp³-hybridized carbons (Fsp3) is 0.667. The zero-order valence-electron chi connectivity index (χ0n) is 47.3. The van der Waals surface area contributed by atoms with Gasteiger partial charge in [0.1, 0.15) is 41.5 Å². The summed E-state index contributed by atoms with van der Waals surface area (Å²) in [4.78, 5) is 82.1. The molecular formula is C60H91N5O12. The van der Waals surface area contributed by atoms with Crippen molar-refractivity contribution in [1.82, 2.24) is 26.4 Å². The summed E-state index contributed by atoms with van der Waals surface area (Å²) < 4.78 is 13.0. The monoisotopic (exact) mass is 1070 g/mol. The zero-order valence-corrected chi connectivity index (χ0v) is 47.3. The Morgan fingerprint density at radius 1 is 0.948 bits per heavy atom. The van der Waals surface area contributed by atoms with E-state index in [0.29, 0.717) is 56.9 Å². The van der Waals surface area contributed by atoms with Crippen molar-refractivity contribution in [3.05, 3.63) is 77.9 Å². The van der Waals surface area contributed by atoms with Crippen LogP contribution >= 0.6 is 0 Å². The number of aliphatic hydroxyl groups excluding tert-OH is 3. The number of piperidine rings is 1. The minimum atomic E-state index is -1.20. The van der Waals surface area contributed by atoms with Crippen LogP contribution in [0.1, 0.15) is 145 Å². The number of ketones is 1. The van der Waals surface area contributed by atoms with E-state index in [9.17, 15) is 49.2 Å². The number of cyclic esters (lactones) is 1. The van der Waals surface area contributed by atoms with Crippen molar-refractivity contribution in [2.75, 3.05) is 6.54 Å². The van der Waals surface area contributed by atoms with Crippen LogP contribution in [0.25, 0.3) is 0 Å². The lowest BCUT2D eigenvalue weighted by molar-refractivity contribution is -0.267. The number of phenols is 1. The Balaban J connectivity index is 1.33. The van der Waals surface area contributed by atoms with Gasteiger partial charge in [-0.15, -0.1) is 0 Å². The molecule has 17 nitrogen and oxygen atoms in total. The third-order valence-electron chi connectivity index (χ3n) is 16.7. The molecule has 1 aromatic rings. The third kappa shape index (κ3) is 16.9. The molecule has 4 heterocycles. The van der Waals surface area contributed by atoms with Gasteiger partial charge in [-0.1, -0.05) is 110 Å². The Morgan fingerprint density at radius 3 is 2.34 bits per heavy atom. The molecule has 3 saturated heterocycles. The number of esters is 1. The molecule has 2 bridgehead atoms. The second-order valence-corrected chi connectivity index (χ2v) is 23.1. The first-order valence-corrected chi connectivity index (χ1v) is 28.3. The van der Waals surface area contributed by atoms with Crippen LogP contribution in [0, 0.1) is 47.3 Å². The number of allylic oxidation sites excluding steroid dienone is 6. The standard InChI is InChI=1S/C60H91N5O12/c1-11-44-31-39(7)60(63-55(44)71)42(10)54(70)41(9)51(77-60)34-49(68)36(4)21-16-14-17-22-37(5)50-27-18-13-12-15-23-38(6)53(69)46(29-28-40(8)66)56(72)62-52(35(2)3)57(73)61-48(33-43-24-19-25-45(67)32-43)58(74)65-30-20-26-47(64-65)59(75)76-50/h12-15,17-19,22,24-25,32,35-36,38-39,41-42,44,46-54,64,67-70H,11,16,20-21,23,26-31,33-34H2,1-10H3,(H,61,73)(H,62,72)(H,63,71). The zero-order chi connectivity index (χ0) is 56.7. The SMILES string of the molecule is CCC1CC(C)C2(NC1=O)OC(CC(O)C(C)CCC=CC=C(C)C1CC=CC=CCC(C)C(O)C(CCC(C)=O)C(=O)NC(C(C)C)C(=O)NC(Cc3cccc(O)c3)C(=O)N3CCCC(N3)C(=O)O1)C(C)C(O)C2C. The van der Waals surface area contributed by atoms with Gasteiger partial charge in [0.25, 0.3) is 5.91 Å². The molecule has 3 fully saturated rings. The molecular weight excluding hydrogens is 983 g/mol. The van der Waals surface area contributed by atoms with Gasteiger partial charge in [0.05, 0.1) is 30.3 Å². The number of benzene rings is 1. The minimum absolute atomic E-state index is 0.0152. The fourth-order valence-electron chi connectivity index (χ4n) is 11.3. The van der Waals surface area contributed by atoms with Crippen molar-refractivity contribution < 1.29 is 58.7 Å². The lowest BCUT2D eigenvalue weighted by Gasteiger charge is -2.56. The van der Waals surface area contributed by atoms with E-state index >= 15 is 0 Å². The lowest BCUT2D eigenvalue weighted by Crippen LogP contribution is -2.71. The van der Waals surface area contributed by atoms with Crippen molar-refractivity contribution >= 4 is 35.4 Å². The van der Waals surface area contributed by atoms with Crippen molar-refractivity contribution in [2.24, 2.45) is 47.3 Å². The summed E-state index contributed by atoms with van der Waals surface area (Å²) in [6.45, 7) is 18.7. The summed E-state index contributed by atoms with van der Waals surface area (Å²) in [6.07, 6.45) is 14.1. The van der Waals surface area contributed by atoms with Crippen molar-refractivity contribution in [2.45, 2.75) is 201 Å². The number of carbonyl (C=O) groups excluding carboxylic acids is 6. The quantitative estimate of drug-likeness (QED) is 0.0697. The highest BCUT2D eigenvalue weighted by Crippen LogP contribution is 2.46. The smallest absolute Gasteiger partial charge is 0.325 e. The Bertz CT molecular complexity index is 2300. The molecule has 0 saturated carbocycles. The number of ether oxygens (including phenoxy) is 2. The number of nitrogens with one attached hydrogen (secondary N) is 4. The van der Waals surface area contributed by atoms with Crippen LogP contribution in [0.4, 0.5) is 0 Å². The van der Waals surface area contributed by atoms with Gasteiger partial charge in [-0.2, -0.15) is 0 Å². The molecule has 17 heteroatoms. The maximum Gasteiger partial charge on any atom is 0.325 e. The Labute approximate surface area is 457 Å². The molecule has 8 N–H and O–H groups in total. The molecule has 0 aliphatic carbocycles. The number of phenolic OH excluding ortho intramolecular Hbond substituents is 1. The predicted molar refractivity (Wildman–Crippen MR) is 294 cm³/mol. The summed E-state index contributed by atoms with van der Waals surface area (Å²) in [5.74, 6) is -5.23. The van der Waals surface area contributed by atoms with Crippen LogP contribution in [0.2, 0.25) is 0 Å². The summed E-state index contributed by atoms with van der Waals surface area (Å²) in [5.41, 5.74) is 3.38. The Hall–Kier alpha value is -5.20. The van der Waals surface area contributed by atoms with Crippen molar-refractivity contribution in [3.63, 3.8) is 0 Å². The predicted octanol–water partition coefficient (Wildman–Crippen LogP) is 6.44. The van der Waals surface area contributed by atoms with Crippen molar-refractivity contribution in [3.8, 4) is 5.75 Å². The number of aromatic hydroxyl groups is 1. The van der Waals surface area contributed by atoms with Gasteiger partial charge in [0.15, 0.2) is 0 Å². The topological polar surface area (TPSA) is 253 Å². The molecule has 1 spiro atoms. The van der Waals surface area contributed by atoms with Gasteiger partial charge in [0.2, 0.25) is 17.7 Å². The molecule has 4 amide bonds. The van der Waals surface area contributed by atoms with E-state index in [2.05, 4.69) is 28.3 Å². The van der Waals surface area contributed by atoms with Crippen LogP contribution in [-0.2, 0) is 44.7 Å². The van der Waals surface area contributed by atoms with E-state index in [1.807, 2.05) is 84.1 Å². The van der Waals surface area contributed by atoms with Crippen LogP contribution in [0.15, 0.2) is 72.4 Å². The van der Waals surface area contributed by atoms with E-state index in [1.54, 1.807) is 26.0 Å². The molecule has 0 aromatic heterocycles. The van der Waals surface area contributed by atoms with E-state index in [0.717, 1.165) is 12.0 Å². The molecule has 16 unspecified atom stereocenters. The highest BCUT2D eigenvalue weighted by atomic mass is 16.5. The average molecular weight is 1070 g/mol. The molecule has 77 heavy (non-hydrogen) atoms. The highest BCUT2D eigenvalue weighted by Gasteiger charge is 2.57. The maximum atomic E-state index is 14.5. The lowest BCUT2D eigenvalue weighted by atomic mass is 9.69. The first-order chi connectivity index (χ1) is 36.5. The van der Waals surface area contributed by atoms with E-state index in [4.69, 9.17) is 9.47 Å². The number of carbonyl (C=O) groups is 6. The second kappa shape index (κ2) is 29.1. The molecule has 4 aliphatic rings. The first kappa shape index (κ1) is 62.6. The number of rotatable bonds is 15. The Morgan fingerprint density at radius 2 is 1.66 bits per heavy atom. The first-order valence-electron chi connectivity index (χ1n) is 28.3. The number of amides is 4.